The van der Waals surface area contributed by atoms with E-state index in [0.717, 1.165) is 12.8 Å². The first kappa shape index (κ1) is 12.1. The van der Waals surface area contributed by atoms with Crippen molar-refractivity contribution in [3.63, 3.8) is 0 Å². The van der Waals surface area contributed by atoms with Crippen LogP contribution in [-0.4, -0.2) is 17.3 Å². The smallest absolute Gasteiger partial charge is 0.271 e. The van der Waals surface area contributed by atoms with Crippen LogP contribution < -0.4 is 11.0 Å². The molecule has 0 aromatic heterocycles. The molecule has 0 aliphatic rings. The minimum absolute atomic E-state index is 0.209. The fraction of sp³-hybridized carbons (Fsp3) is 1.00. The van der Waals surface area contributed by atoms with Gasteiger partial charge >= 0.3 is 0 Å². The molecule has 0 aliphatic carbocycles. The van der Waals surface area contributed by atoms with E-state index in [0.29, 0.717) is 6.54 Å². The molecule has 1 atom stereocenters. The van der Waals surface area contributed by atoms with Gasteiger partial charge in [-0.1, -0.05) is 20.3 Å². The van der Waals surface area contributed by atoms with Crippen LogP contribution in [0.5, 0.6) is 0 Å². The molecule has 12 heavy (non-hydrogen) atoms. The molecule has 5 heteroatoms. The number of rotatable bonds is 5. The minimum Gasteiger partial charge on any atom is -0.271 e. The van der Waals surface area contributed by atoms with Crippen molar-refractivity contribution in [1.29, 1.82) is 0 Å². The van der Waals surface area contributed by atoms with Gasteiger partial charge in [0.15, 0.2) is 0 Å². The normalized spacial score (nSPS) is 15.2. The van der Waals surface area contributed by atoms with E-state index in [4.69, 9.17) is 11.0 Å². The fourth-order valence-corrected chi connectivity index (χ4v) is 2.58. The third-order valence-electron chi connectivity index (χ3n) is 1.94. The van der Waals surface area contributed by atoms with Crippen LogP contribution in [0.4, 0.5) is 0 Å². The molecule has 0 fully saturated rings. The second-order valence-electron chi connectivity index (χ2n) is 3.07. The van der Waals surface area contributed by atoms with E-state index in [1.54, 1.807) is 4.67 Å². The van der Waals surface area contributed by atoms with E-state index in [2.05, 4.69) is 6.92 Å². The van der Waals surface area contributed by atoms with Crippen LogP contribution in [-0.2, 0) is 4.57 Å². The zero-order valence-corrected chi connectivity index (χ0v) is 9.05. The number of nitrogens with zero attached hydrogens (tertiary/aromatic N) is 1. The molecule has 0 saturated carbocycles. The van der Waals surface area contributed by atoms with E-state index in [1.165, 1.54) is 0 Å². The molecule has 0 bridgehead atoms. The van der Waals surface area contributed by atoms with Crippen LogP contribution in [0, 0.1) is 0 Å². The summed E-state index contributed by atoms with van der Waals surface area (Å²) in [5.41, 5.74) is 10.8. The predicted octanol–water partition coefficient (Wildman–Crippen LogP) is 1.52. The second-order valence-corrected chi connectivity index (χ2v) is 4.92. The van der Waals surface area contributed by atoms with E-state index in [1.807, 2.05) is 13.8 Å². The van der Waals surface area contributed by atoms with Gasteiger partial charge in [0, 0.05) is 12.6 Å². The molecule has 0 aromatic rings. The molecule has 0 spiro atoms. The Morgan fingerprint density at radius 2 is 1.92 bits per heavy atom. The summed E-state index contributed by atoms with van der Waals surface area (Å²) >= 11 is 0. The minimum atomic E-state index is -3.03. The van der Waals surface area contributed by atoms with Gasteiger partial charge in [-0.15, -0.1) is 0 Å². The molecule has 0 radical (unpaired) electrons. The Labute approximate surface area is 74.8 Å². The number of nitrogens with two attached hydrogens (primary N) is 2. The van der Waals surface area contributed by atoms with Crippen LogP contribution in [0.3, 0.4) is 0 Å². The molecule has 0 saturated heterocycles. The van der Waals surface area contributed by atoms with Crippen LogP contribution in [0.15, 0.2) is 0 Å². The van der Waals surface area contributed by atoms with Crippen LogP contribution in [0.2, 0.25) is 0 Å². The third-order valence-corrected chi connectivity index (χ3v) is 3.42. The van der Waals surface area contributed by atoms with Gasteiger partial charge in [0.1, 0.15) is 0 Å². The van der Waals surface area contributed by atoms with E-state index in [-0.39, 0.29) is 6.04 Å². The Morgan fingerprint density at radius 3 is 2.17 bits per heavy atom. The average molecular weight is 193 g/mol. The Morgan fingerprint density at radius 1 is 1.42 bits per heavy atom. The van der Waals surface area contributed by atoms with E-state index < -0.39 is 7.59 Å². The summed E-state index contributed by atoms with van der Waals surface area (Å²) in [4.78, 5) is 0. The van der Waals surface area contributed by atoms with Crippen molar-refractivity contribution < 1.29 is 4.57 Å². The lowest BCUT2D eigenvalue weighted by Gasteiger charge is -2.29. The maximum atomic E-state index is 11.3. The highest BCUT2D eigenvalue weighted by molar-refractivity contribution is 7.56. The van der Waals surface area contributed by atoms with Crippen molar-refractivity contribution in [2.24, 2.45) is 11.0 Å². The Hall–Kier alpha value is 0.110. The maximum absolute atomic E-state index is 11.3. The molecule has 0 amide bonds. The fourth-order valence-electron chi connectivity index (χ4n) is 1.41. The third kappa shape index (κ3) is 3.68. The van der Waals surface area contributed by atoms with Gasteiger partial charge in [0.05, 0.1) is 0 Å². The molecule has 4 nitrogen and oxygen atoms in total. The Kier molecular flexibility index (Phi) is 5.02. The largest absolute Gasteiger partial charge is 0.276 e. The van der Waals surface area contributed by atoms with Crippen molar-refractivity contribution in [2.45, 2.75) is 39.7 Å². The molecular formula is C7H20N3OP. The molecule has 0 aliphatic heterocycles. The first-order chi connectivity index (χ1) is 5.43. The summed E-state index contributed by atoms with van der Waals surface area (Å²) in [5.74, 6) is 0. The lowest BCUT2D eigenvalue weighted by Crippen LogP contribution is -2.35. The number of hydrogen-bond donors (Lipinski definition) is 2. The molecule has 74 valence electrons. The highest BCUT2D eigenvalue weighted by Crippen LogP contribution is 2.34. The number of hydrogen-bond acceptors (Lipinski definition) is 1. The maximum Gasteiger partial charge on any atom is 0.276 e. The molecule has 0 rings (SSSR count). The summed E-state index contributed by atoms with van der Waals surface area (Å²) in [6.45, 7) is 6.64. The summed E-state index contributed by atoms with van der Waals surface area (Å²) < 4.78 is 13.0. The van der Waals surface area contributed by atoms with Gasteiger partial charge in [0.25, 0.3) is 7.59 Å². The molecule has 0 heterocycles. The van der Waals surface area contributed by atoms with E-state index >= 15 is 0 Å². The zero-order chi connectivity index (χ0) is 9.78. The molecule has 1 unspecified atom stereocenters. The van der Waals surface area contributed by atoms with Gasteiger partial charge in [-0.3, -0.25) is 15.6 Å². The van der Waals surface area contributed by atoms with Gasteiger partial charge in [0.2, 0.25) is 0 Å². The summed E-state index contributed by atoms with van der Waals surface area (Å²) in [6, 6.07) is 0.209. The predicted molar refractivity (Wildman–Crippen MR) is 52.7 cm³/mol. The zero-order valence-electron chi connectivity index (χ0n) is 8.16. The van der Waals surface area contributed by atoms with Gasteiger partial charge in [-0.05, 0) is 13.3 Å². The molecule has 4 N–H and O–H groups in total. The standard InChI is InChI=1S/C7H20N3OP/c1-4-6-7(3)10(5-2)12(8,9)11/h7H,4-6H2,1-3H3,(H4,8,9,11). The van der Waals surface area contributed by atoms with Crippen molar-refractivity contribution in [2.75, 3.05) is 6.54 Å². The molecule has 0 aromatic carbocycles. The highest BCUT2D eigenvalue weighted by atomic mass is 31.2. The van der Waals surface area contributed by atoms with Crippen molar-refractivity contribution in [1.82, 2.24) is 4.67 Å². The lowest BCUT2D eigenvalue weighted by molar-refractivity contribution is 0.330. The SMILES string of the molecule is CCCC(C)N(CC)P(N)(N)=O. The van der Waals surface area contributed by atoms with Crippen molar-refractivity contribution in [3.8, 4) is 0 Å². The molecular weight excluding hydrogens is 173 g/mol. The van der Waals surface area contributed by atoms with Crippen molar-refractivity contribution in [3.05, 3.63) is 0 Å². The quantitative estimate of drug-likeness (QED) is 0.649. The second kappa shape index (κ2) is 4.97. The van der Waals surface area contributed by atoms with Gasteiger partial charge < -0.3 is 0 Å². The summed E-state index contributed by atoms with van der Waals surface area (Å²) in [7, 11) is -3.03. The monoisotopic (exact) mass is 193 g/mol. The summed E-state index contributed by atoms with van der Waals surface area (Å²) in [6.07, 6.45) is 2.03. The topological polar surface area (TPSA) is 72.3 Å². The first-order valence-corrected chi connectivity index (χ1v) is 6.17. The van der Waals surface area contributed by atoms with E-state index in [9.17, 15) is 4.57 Å². The Balaban J connectivity index is 4.25. The van der Waals surface area contributed by atoms with Crippen LogP contribution >= 0.6 is 7.59 Å². The Bertz CT molecular complexity index is 168. The van der Waals surface area contributed by atoms with Gasteiger partial charge in [-0.2, -0.15) is 0 Å². The van der Waals surface area contributed by atoms with Crippen LogP contribution in [0.25, 0.3) is 0 Å². The highest BCUT2D eigenvalue weighted by Gasteiger charge is 2.23. The van der Waals surface area contributed by atoms with Crippen molar-refractivity contribution >= 4 is 7.59 Å². The van der Waals surface area contributed by atoms with Gasteiger partial charge in [-0.25, -0.2) is 4.67 Å². The lowest BCUT2D eigenvalue weighted by atomic mass is 10.2. The summed E-state index contributed by atoms with van der Waals surface area (Å²) in [5, 5.41) is 0. The average Bonchev–Trinajstić information content (AvgIpc) is 1.85. The van der Waals surface area contributed by atoms with Crippen LogP contribution in [0.1, 0.15) is 33.6 Å². The first-order valence-electron chi connectivity index (χ1n) is 4.37.